The second-order valence-electron chi connectivity index (χ2n) is 7.51. The zero-order chi connectivity index (χ0) is 19.2. The normalized spacial score (nSPS) is 14.9. The lowest BCUT2D eigenvalue weighted by Gasteiger charge is -2.28. The lowest BCUT2D eigenvalue weighted by atomic mass is 9.88. The Labute approximate surface area is 178 Å². The standard InChI is InChI=1S/C21H31N3O2S.ClH/c1-4-26-17-12-8-13-18-19(17)22-21(27-18)24(15-9-14-23(2)3)20(25)16-10-6-5-7-11-16;/h8,12-13,16H,4-7,9-11,14-15H2,1-3H3;1H. The molecule has 1 fully saturated rings. The van der Waals surface area contributed by atoms with E-state index in [4.69, 9.17) is 9.72 Å². The van der Waals surface area contributed by atoms with E-state index in [0.29, 0.717) is 6.61 Å². The van der Waals surface area contributed by atoms with Crippen LogP contribution in [0.25, 0.3) is 10.2 Å². The van der Waals surface area contributed by atoms with Gasteiger partial charge in [0.2, 0.25) is 5.91 Å². The van der Waals surface area contributed by atoms with Crippen molar-refractivity contribution < 1.29 is 9.53 Å². The summed E-state index contributed by atoms with van der Waals surface area (Å²) in [6.45, 7) is 4.27. The summed E-state index contributed by atoms with van der Waals surface area (Å²) in [6.07, 6.45) is 6.55. The van der Waals surface area contributed by atoms with Crippen molar-refractivity contribution in [3.63, 3.8) is 0 Å². The summed E-state index contributed by atoms with van der Waals surface area (Å²) in [5.74, 6) is 1.21. The number of carbonyl (C=O) groups excluding carboxylic acids is 1. The molecule has 28 heavy (non-hydrogen) atoms. The maximum atomic E-state index is 13.3. The van der Waals surface area contributed by atoms with E-state index in [2.05, 4.69) is 25.1 Å². The Kier molecular flexibility index (Phi) is 8.99. The SMILES string of the molecule is CCOc1cccc2sc(N(CCCN(C)C)C(=O)C3CCCCC3)nc12.Cl. The molecular formula is C21H32ClN3O2S. The quantitative estimate of drug-likeness (QED) is 0.598. The highest BCUT2D eigenvalue weighted by Crippen LogP contribution is 2.36. The van der Waals surface area contributed by atoms with Gasteiger partial charge in [0.15, 0.2) is 5.13 Å². The van der Waals surface area contributed by atoms with Gasteiger partial charge in [0, 0.05) is 12.5 Å². The third-order valence-electron chi connectivity index (χ3n) is 5.11. The Hall–Kier alpha value is -1.37. The van der Waals surface area contributed by atoms with Crippen LogP contribution in [0, 0.1) is 5.92 Å². The first-order chi connectivity index (χ1) is 13.1. The number of halogens is 1. The Morgan fingerprint density at radius 1 is 1.21 bits per heavy atom. The molecule has 0 N–H and O–H groups in total. The van der Waals surface area contributed by atoms with Crippen molar-refractivity contribution in [1.29, 1.82) is 0 Å². The Bertz CT molecular complexity index is 759. The first-order valence-corrected chi connectivity index (χ1v) is 10.9. The highest BCUT2D eigenvalue weighted by Gasteiger charge is 2.28. The molecule has 0 radical (unpaired) electrons. The molecule has 3 rings (SSSR count). The van der Waals surface area contributed by atoms with Crippen LogP contribution >= 0.6 is 23.7 Å². The molecule has 0 spiro atoms. The predicted molar refractivity (Wildman–Crippen MR) is 120 cm³/mol. The van der Waals surface area contributed by atoms with Gasteiger partial charge in [0.05, 0.1) is 11.3 Å². The number of hydrogen-bond donors (Lipinski definition) is 0. The molecule has 0 atom stereocenters. The summed E-state index contributed by atoms with van der Waals surface area (Å²) in [5.41, 5.74) is 0.869. The van der Waals surface area contributed by atoms with Gasteiger partial charge < -0.3 is 9.64 Å². The fourth-order valence-electron chi connectivity index (χ4n) is 3.71. The van der Waals surface area contributed by atoms with Crippen molar-refractivity contribution in [2.24, 2.45) is 5.92 Å². The molecule has 1 aliphatic rings. The van der Waals surface area contributed by atoms with E-state index in [9.17, 15) is 4.79 Å². The van der Waals surface area contributed by atoms with Crippen molar-refractivity contribution >= 4 is 45.0 Å². The minimum Gasteiger partial charge on any atom is -0.492 e. The minimum absolute atomic E-state index is 0. The predicted octanol–water partition coefficient (Wildman–Crippen LogP) is 4.98. The summed E-state index contributed by atoms with van der Waals surface area (Å²) in [6, 6.07) is 6.01. The van der Waals surface area contributed by atoms with Gasteiger partial charge >= 0.3 is 0 Å². The van der Waals surface area contributed by atoms with Crippen LogP contribution in [0.5, 0.6) is 5.75 Å². The first kappa shape index (κ1) is 22.9. The molecule has 1 saturated carbocycles. The molecule has 1 aromatic heterocycles. The molecule has 5 nitrogen and oxygen atoms in total. The highest BCUT2D eigenvalue weighted by molar-refractivity contribution is 7.22. The molecule has 156 valence electrons. The maximum Gasteiger partial charge on any atom is 0.231 e. The number of benzene rings is 1. The number of para-hydroxylation sites is 1. The molecule has 7 heteroatoms. The fraction of sp³-hybridized carbons (Fsp3) is 0.619. The topological polar surface area (TPSA) is 45.7 Å². The summed E-state index contributed by atoms with van der Waals surface area (Å²) in [5, 5.41) is 0.812. The van der Waals surface area contributed by atoms with Gasteiger partial charge in [0.1, 0.15) is 11.3 Å². The number of fused-ring (bicyclic) bond motifs is 1. The minimum atomic E-state index is 0. The average molecular weight is 426 g/mol. The number of rotatable bonds is 8. The number of anilines is 1. The third-order valence-corrected chi connectivity index (χ3v) is 6.15. The molecule has 2 aromatic rings. The van der Waals surface area contributed by atoms with Crippen LogP contribution in [0.3, 0.4) is 0 Å². The zero-order valence-electron chi connectivity index (χ0n) is 17.1. The van der Waals surface area contributed by atoms with Crippen LogP contribution in [0.15, 0.2) is 18.2 Å². The largest absolute Gasteiger partial charge is 0.492 e. The second-order valence-corrected chi connectivity index (χ2v) is 8.52. The van der Waals surface area contributed by atoms with Crippen molar-refractivity contribution in [2.45, 2.75) is 45.4 Å². The van der Waals surface area contributed by atoms with Gasteiger partial charge in [0.25, 0.3) is 0 Å². The van der Waals surface area contributed by atoms with Crippen LogP contribution in [-0.4, -0.2) is 49.6 Å². The van der Waals surface area contributed by atoms with Crippen LogP contribution in [0.1, 0.15) is 45.4 Å². The van der Waals surface area contributed by atoms with Crippen molar-refractivity contribution in [2.75, 3.05) is 38.7 Å². The monoisotopic (exact) mass is 425 g/mol. The van der Waals surface area contributed by atoms with Gasteiger partial charge in [-0.3, -0.25) is 9.69 Å². The number of thiazole rings is 1. The molecule has 0 aliphatic heterocycles. The lowest BCUT2D eigenvalue weighted by molar-refractivity contribution is -0.123. The molecule has 0 saturated heterocycles. The van der Waals surface area contributed by atoms with E-state index in [1.54, 1.807) is 11.3 Å². The summed E-state index contributed by atoms with van der Waals surface area (Å²) in [4.78, 5) is 22.2. The first-order valence-electron chi connectivity index (χ1n) is 10.1. The van der Waals surface area contributed by atoms with E-state index >= 15 is 0 Å². The lowest BCUT2D eigenvalue weighted by Crippen LogP contribution is -2.38. The van der Waals surface area contributed by atoms with E-state index in [1.807, 2.05) is 24.0 Å². The van der Waals surface area contributed by atoms with Gasteiger partial charge in [-0.05, 0) is 59.0 Å². The van der Waals surface area contributed by atoms with Gasteiger partial charge in [-0.1, -0.05) is 36.7 Å². The second kappa shape index (κ2) is 11.0. The Morgan fingerprint density at radius 3 is 2.64 bits per heavy atom. The van der Waals surface area contributed by atoms with Crippen LogP contribution in [0.4, 0.5) is 5.13 Å². The Morgan fingerprint density at radius 2 is 1.96 bits per heavy atom. The van der Waals surface area contributed by atoms with E-state index in [1.165, 1.54) is 6.42 Å². The molecular weight excluding hydrogens is 394 g/mol. The van der Waals surface area contributed by atoms with Gasteiger partial charge in [-0.2, -0.15) is 0 Å². The molecule has 1 aromatic carbocycles. The molecule has 0 unspecified atom stereocenters. The van der Waals surface area contributed by atoms with Crippen LogP contribution < -0.4 is 9.64 Å². The van der Waals surface area contributed by atoms with Crippen molar-refractivity contribution in [3.8, 4) is 5.75 Å². The van der Waals surface area contributed by atoms with Gasteiger partial charge in [-0.15, -0.1) is 12.4 Å². The number of amides is 1. The van der Waals surface area contributed by atoms with Gasteiger partial charge in [-0.25, -0.2) is 4.98 Å². The fourth-order valence-corrected chi connectivity index (χ4v) is 4.73. The number of aromatic nitrogens is 1. The number of hydrogen-bond acceptors (Lipinski definition) is 5. The molecule has 0 bridgehead atoms. The number of nitrogens with zero attached hydrogens (tertiary/aromatic N) is 3. The van der Waals surface area contributed by atoms with Crippen LogP contribution in [-0.2, 0) is 4.79 Å². The average Bonchev–Trinajstić information content (AvgIpc) is 3.10. The van der Waals surface area contributed by atoms with E-state index in [-0.39, 0.29) is 24.2 Å². The molecule has 1 aliphatic carbocycles. The highest BCUT2D eigenvalue weighted by atomic mass is 35.5. The van der Waals surface area contributed by atoms with Crippen molar-refractivity contribution in [3.05, 3.63) is 18.2 Å². The summed E-state index contributed by atoms with van der Waals surface area (Å²) in [7, 11) is 4.14. The molecule has 1 heterocycles. The third kappa shape index (κ3) is 5.58. The maximum absolute atomic E-state index is 13.3. The van der Waals surface area contributed by atoms with Crippen LogP contribution in [0.2, 0.25) is 0 Å². The van der Waals surface area contributed by atoms with E-state index in [0.717, 1.165) is 66.3 Å². The Balaban J connectivity index is 0.00000280. The number of ether oxygens (including phenoxy) is 1. The number of carbonyl (C=O) groups is 1. The summed E-state index contributed by atoms with van der Waals surface area (Å²) >= 11 is 1.60. The smallest absolute Gasteiger partial charge is 0.231 e. The van der Waals surface area contributed by atoms with Crippen molar-refractivity contribution in [1.82, 2.24) is 9.88 Å². The zero-order valence-corrected chi connectivity index (χ0v) is 18.8. The van der Waals surface area contributed by atoms with E-state index < -0.39 is 0 Å². The summed E-state index contributed by atoms with van der Waals surface area (Å²) < 4.78 is 6.81. The molecule has 1 amide bonds.